The number of ether oxygens (including phenoxy) is 1. The molecule has 1 saturated heterocycles. The van der Waals surface area contributed by atoms with Gasteiger partial charge in [-0.05, 0) is 30.5 Å². The Balaban J connectivity index is 1.48. The molecule has 0 aliphatic carbocycles. The first-order valence-corrected chi connectivity index (χ1v) is 8.64. The van der Waals surface area contributed by atoms with Gasteiger partial charge in [0.1, 0.15) is 17.6 Å². The molecule has 6 heteroatoms. The highest BCUT2D eigenvalue weighted by atomic mass is 32.1. The van der Waals surface area contributed by atoms with E-state index in [9.17, 15) is 0 Å². The summed E-state index contributed by atoms with van der Waals surface area (Å²) in [7, 11) is 0. The van der Waals surface area contributed by atoms with Crippen molar-refractivity contribution in [2.45, 2.75) is 19.6 Å². The molecule has 0 radical (unpaired) electrons. The summed E-state index contributed by atoms with van der Waals surface area (Å²) in [6, 6.07) is 8.19. The number of morpholine rings is 1. The molecule has 5 nitrogen and oxygen atoms in total. The largest absolute Gasteiger partial charge is 0.464 e. The number of hydrogen-bond acceptors (Lipinski definition) is 5. The monoisotopic (exact) mass is 329 g/mol. The molecule has 0 spiro atoms. The number of nitrogens with one attached hydrogen (secondary N) is 1. The molecule has 0 unspecified atom stereocenters. The molecule has 0 amide bonds. The Morgan fingerprint density at radius 3 is 3.13 bits per heavy atom. The summed E-state index contributed by atoms with van der Waals surface area (Å²) in [5, 5.41) is 9.44. The quantitative estimate of drug-likeness (QED) is 0.794. The molecule has 23 heavy (non-hydrogen) atoms. The molecule has 4 rings (SSSR count). The van der Waals surface area contributed by atoms with Gasteiger partial charge in [-0.2, -0.15) is 5.10 Å². The molecule has 0 bridgehead atoms. The summed E-state index contributed by atoms with van der Waals surface area (Å²) in [5.41, 5.74) is 2.35. The number of aryl methyl sites for hydroxylation is 1. The van der Waals surface area contributed by atoms with Gasteiger partial charge in [0.2, 0.25) is 0 Å². The minimum absolute atomic E-state index is 0.00883. The Bertz CT molecular complexity index is 763. The second-order valence-electron chi connectivity index (χ2n) is 5.79. The molecule has 1 aliphatic heterocycles. The number of aromatic nitrogens is 2. The highest BCUT2D eigenvalue weighted by molar-refractivity contribution is 7.13. The minimum atomic E-state index is 0.00883. The lowest BCUT2D eigenvalue weighted by Gasteiger charge is -2.31. The average molecular weight is 329 g/mol. The first-order chi connectivity index (χ1) is 11.3. The van der Waals surface area contributed by atoms with Crippen LogP contribution in [0.3, 0.4) is 0 Å². The van der Waals surface area contributed by atoms with Crippen molar-refractivity contribution in [3.05, 3.63) is 52.9 Å². The molecule has 0 saturated carbocycles. The maximum absolute atomic E-state index is 5.87. The summed E-state index contributed by atoms with van der Waals surface area (Å²) in [6.07, 6.45) is 1.94. The summed E-state index contributed by atoms with van der Waals surface area (Å²) in [5.74, 6) is 1.84. The molecule has 3 aromatic heterocycles. The topological polar surface area (TPSA) is 54.3 Å². The van der Waals surface area contributed by atoms with E-state index in [2.05, 4.69) is 32.6 Å². The molecule has 1 N–H and O–H groups in total. The van der Waals surface area contributed by atoms with Crippen molar-refractivity contribution >= 4 is 11.3 Å². The summed E-state index contributed by atoms with van der Waals surface area (Å²) in [6.45, 7) is 5.30. The van der Waals surface area contributed by atoms with Gasteiger partial charge in [-0.25, -0.2) is 0 Å². The predicted molar refractivity (Wildman–Crippen MR) is 89.3 cm³/mol. The van der Waals surface area contributed by atoms with Crippen LogP contribution in [-0.2, 0) is 11.3 Å². The van der Waals surface area contributed by atoms with Crippen molar-refractivity contribution in [2.75, 3.05) is 19.7 Å². The zero-order chi connectivity index (χ0) is 15.6. The molecular weight excluding hydrogens is 310 g/mol. The molecule has 1 aliphatic rings. The van der Waals surface area contributed by atoms with Crippen molar-refractivity contribution in [1.29, 1.82) is 0 Å². The van der Waals surface area contributed by atoms with Crippen LogP contribution in [0.4, 0.5) is 0 Å². The SMILES string of the molecule is Cc1ccc([C@H]2CN(Cc3cn[nH]c3-c3cccs3)CCO2)o1. The Morgan fingerprint density at radius 1 is 1.39 bits per heavy atom. The number of aromatic amines is 1. The van der Waals surface area contributed by atoms with Gasteiger partial charge in [-0.15, -0.1) is 11.3 Å². The smallest absolute Gasteiger partial charge is 0.134 e. The third-order valence-electron chi connectivity index (χ3n) is 4.11. The van der Waals surface area contributed by atoms with E-state index < -0.39 is 0 Å². The molecular formula is C17H19N3O2S. The van der Waals surface area contributed by atoms with Crippen molar-refractivity contribution in [3.63, 3.8) is 0 Å². The van der Waals surface area contributed by atoms with E-state index in [1.807, 2.05) is 25.3 Å². The fourth-order valence-corrected chi connectivity index (χ4v) is 3.71. The lowest BCUT2D eigenvalue weighted by atomic mass is 10.1. The number of thiophene rings is 1. The van der Waals surface area contributed by atoms with Gasteiger partial charge in [0, 0.05) is 25.2 Å². The lowest BCUT2D eigenvalue weighted by Crippen LogP contribution is -2.37. The van der Waals surface area contributed by atoms with Gasteiger partial charge in [-0.1, -0.05) is 6.07 Å². The van der Waals surface area contributed by atoms with Gasteiger partial charge in [0.15, 0.2) is 0 Å². The second kappa shape index (κ2) is 6.31. The third-order valence-corrected chi connectivity index (χ3v) is 5.00. The Kier molecular flexibility index (Phi) is 4.03. The molecule has 0 aromatic carbocycles. The summed E-state index contributed by atoms with van der Waals surface area (Å²) >= 11 is 1.73. The first kappa shape index (κ1) is 14.7. The second-order valence-corrected chi connectivity index (χ2v) is 6.74. The van der Waals surface area contributed by atoms with Crippen LogP contribution in [0.2, 0.25) is 0 Å². The average Bonchev–Trinajstić information content (AvgIpc) is 3.28. The maximum Gasteiger partial charge on any atom is 0.134 e. The van der Waals surface area contributed by atoms with Crippen LogP contribution in [0.25, 0.3) is 10.6 Å². The van der Waals surface area contributed by atoms with Gasteiger partial charge in [0.05, 0.1) is 23.4 Å². The van der Waals surface area contributed by atoms with Gasteiger partial charge < -0.3 is 9.15 Å². The number of rotatable bonds is 4. The van der Waals surface area contributed by atoms with Crippen molar-refractivity contribution < 1.29 is 9.15 Å². The first-order valence-electron chi connectivity index (χ1n) is 7.76. The number of nitrogens with zero attached hydrogens (tertiary/aromatic N) is 2. The highest BCUT2D eigenvalue weighted by Gasteiger charge is 2.25. The molecule has 1 fully saturated rings. The number of hydrogen-bond donors (Lipinski definition) is 1. The van der Waals surface area contributed by atoms with E-state index in [0.29, 0.717) is 0 Å². The zero-order valence-corrected chi connectivity index (χ0v) is 13.8. The van der Waals surface area contributed by atoms with Crippen LogP contribution in [0.5, 0.6) is 0 Å². The van der Waals surface area contributed by atoms with Crippen LogP contribution in [0, 0.1) is 6.92 Å². The van der Waals surface area contributed by atoms with Gasteiger partial charge >= 0.3 is 0 Å². The lowest BCUT2D eigenvalue weighted by molar-refractivity contribution is -0.0430. The van der Waals surface area contributed by atoms with E-state index in [4.69, 9.17) is 9.15 Å². The Labute approximate surface area is 138 Å². The normalized spacial score (nSPS) is 19.3. The minimum Gasteiger partial charge on any atom is -0.464 e. The van der Waals surface area contributed by atoms with Crippen LogP contribution in [0.15, 0.2) is 40.3 Å². The van der Waals surface area contributed by atoms with Crippen LogP contribution in [0.1, 0.15) is 23.2 Å². The highest BCUT2D eigenvalue weighted by Crippen LogP contribution is 2.29. The summed E-state index contributed by atoms with van der Waals surface area (Å²) < 4.78 is 11.6. The van der Waals surface area contributed by atoms with Crippen molar-refractivity contribution in [1.82, 2.24) is 15.1 Å². The number of H-pyrrole nitrogens is 1. The van der Waals surface area contributed by atoms with E-state index in [1.54, 1.807) is 11.3 Å². The zero-order valence-electron chi connectivity index (χ0n) is 13.0. The number of furan rings is 1. The van der Waals surface area contributed by atoms with Gasteiger partial charge in [-0.3, -0.25) is 10.00 Å². The van der Waals surface area contributed by atoms with E-state index >= 15 is 0 Å². The third kappa shape index (κ3) is 3.10. The van der Waals surface area contributed by atoms with Crippen LogP contribution in [-0.4, -0.2) is 34.8 Å². The molecule has 3 aromatic rings. The Morgan fingerprint density at radius 2 is 2.35 bits per heavy atom. The maximum atomic E-state index is 5.87. The molecule has 4 heterocycles. The van der Waals surface area contributed by atoms with E-state index in [1.165, 1.54) is 10.4 Å². The van der Waals surface area contributed by atoms with Gasteiger partial charge in [0.25, 0.3) is 0 Å². The van der Waals surface area contributed by atoms with Crippen LogP contribution >= 0.6 is 11.3 Å². The molecule has 120 valence electrons. The van der Waals surface area contributed by atoms with E-state index in [-0.39, 0.29) is 6.10 Å². The van der Waals surface area contributed by atoms with Crippen LogP contribution < -0.4 is 0 Å². The van der Waals surface area contributed by atoms with Crippen molar-refractivity contribution in [2.24, 2.45) is 0 Å². The molecule has 1 atom stereocenters. The summed E-state index contributed by atoms with van der Waals surface area (Å²) in [4.78, 5) is 3.62. The van der Waals surface area contributed by atoms with E-state index in [0.717, 1.165) is 43.5 Å². The standard InChI is InChI=1S/C17H19N3O2S/c1-12-4-5-14(22-12)15-11-20(6-7-21-15)10-13-9-18-19-17(13)16-3-2-8-23-16/h2-5,8-9,15H,6-7,10-11H2,1H3,(H,18,19)/t15-/m1/s1. The fourth-order valence-electron chi connectivity index (χ4n) is 2.95. The predicted octanol–water partition coefficient (Wildman–Crippen LogP) is 3.61. The Hall–Kier alpha value is -1.89. The van der Waals surface area contributed by atoms with Crippen molar-refractivity contribution in [3.8, 4) is 10.6 Å². The fraction of sp³-hybridized carbons (Fsp3) is 0.353.